The smallest absolute Gasteiger partial charge is 0.339 e. The average molecular weight is 294 g/mol. The second kappa shape index (κ2) is 6.48. The SMILES string of the molecule is COC(=O)c1ccc(NCC2(SC)CCCC2)nc1C. The molecular weight excluding hydrogens is 272 g/mol. The molecule has 0 atom stereocenters. The number of carbonyl (C=O) groups is 1. The first-order chi connectivity index (χ1) is 9.60. The fourth-order valence-corrected chi connectivity index (χ4v) is 3.62. The van der Waals surface area contributed by atoms with Crippen molar-refractivity contribution in [3.63, 3.8) is 0 Å². The van der Waals surface area contributed by atoms with Gasteiger partial charge in [-0.1, -0.05) is 12.8 Å². The van der Waals surface area contributed by atoms with Gasteiger partial charge in [0.05, 0.1) is 18.4 Å². The van der Waals surface area contributed by atoms with Crippen LogP contribution < -0.4 is 5.32 Å². The topological polar surface area (TPSA) is 51.2 Å². The Hall–Kier alpha value is -1.23. The van der Waals surface area contributed by atoms with Crippen molar-refractivity contribution in [3.8, 4) is 0 Å². The number of methoxy groups -OCH3 is 1. The Labute approximate surface area is 124 Å². The predicted molar refractivity (Wildman–Crippen MR) is 83.5 cm³/mol. The van der Waals surface area contributed by atoms with Gasteiger partial charge in [0.2, 0.25) is 0 Å². The lowest BCUT2D eigenvalue weighted by molar-refractivity contribution is 0.0599. The third-order valence-corrected chi connectivity index (χ3v) is 5.45. The van der Waals surface area contributed by atoms with Crippen LogP contribution in [-0.2, 0) is 4.74 Å². The normalized spacial score (nSPS) is 16.9. The Morgan fingerprint density at radius 1 is 1.45 bits per heavy atom. The highest BCUT2D eigenvalue weighted by Crippen LogP contribution is 2.40. The number of aryl methyl sites for hydroxylation is 1. The molecule has 1 fully saturated rings. The summed E-state index contributed by atoms with van der Waals surface area (Å²) in [7, 11) is 1.39. The van der Waals surface area contributed by atoms with E-state index in [-0.39, 0.29) is 5.97 Å². The average Bonchev–Trinajstić information content (AvgIpc) is 2.94. The van der Waals surface area contributed by atoms with Crippen LogP contribution in [0.25, 0.3) is 0 Å². The van der Waals surface area contributed by atoms with Gasteiger partial charge in [0.1, 0.15) is 5.82 Å². The number of aromatic nitrogens is 1. The molecule has 0 saturated heterocycles. The maximum absolute atomic E-state index is 11.5. The molecular formula is C15H22N2O2S. The number of hydrogen-bond donors (Lipinski definition) is 1. The van der Waals surface area contributed by atoms with Gasteiger partial charge >= 0.3 is 5.97 Å². The first-order valence-electron chi connectivity index (χ1n) is 6.95. The van der Waals surface area contributed by atoms with Gasteiger partial charge in [-0.2, -0.15) is 11.8 Å². The van der Waals surface area contributed by atoms with Gasteiger partial charge in [0, 0.05) is 11.3 Å². The quantitative estimate of drug-likeness (QED) is 0.845. The van der Waals surface area contributed by atoms with Crippen molar-refractivity contribution in [2.45, 2.75) is 37.4 Å². The van der Waals surface area contributed by atoms with Crippen LogP contribution in [0.4, 0.5) is 5.82 Å². The summed E-state index contributed by atoms with van der Waals surface area (Å²) < 4.78 is 5.07. The summed E-state index contributed by atoms with van der Waals surface area (Å²) in [6, 6.07) is 3.62. The van der Waals surface area contributed by atoms with E-state index in [1.807, 2.05) is 24.8 Å². The van der Waals surface area contributed by atoms with Gasteiger partial charge in [0.15, 0.2) is 0 Å². The van der Waals surface area contributed by atoms with Crippen molar-refractivity contribution < 1.29 is 9.53 Å². The van der Waals surface area contributed by atoms with Crippen molar-refractivity contribution in [2.75, 3.05) is 25.2 Å². The van der Waals surface area contributed by atoms with Gasteiger partial charge in [-0.25, -0.2) is 9.78 Å². The van der Waals surface area contributed by atoms with E-state index in [9.17, 15) is 4.79 Å². The minimum absolute atomic E-state index is 0.335. The highest BCUT2D eigenvalue weighted by Gasteiger charge is 2.32. The number of anilines is 1. The molecule has 4 nitrogen and oxygen atoms in total. The van der Waals surface area contributed by atoms with Gasteiger partial charge in [-0.15, -0.1) is 0 Å². The number of carbonyl (C=O) groups excluding carboxylic acids is 1. The monoisotopic (exact) mass is 294 g/mol. The van der Waals surface area contributed by atoms with Gasteiger partial charge < -0.3 is 10.1 Å². The predicted octanol–water partition coefficient (Wildman–Crippen LogP) is 3.26. The molecule has 1 N–H and O–H groups in total. The molecule has 2 rings (SSSR count). The van der Waals surface area contributed by atoms with E-state index in [0.29, 0.717) is 16.0 Å². The highest BCUT2D eigenvalue weighted by atomic mass is 32.2. The lowest BCUT2D eigenvalue weighted by Crippen LogP contribution is -2.30. The van der Waals surface area contributed by atoms with Crippen molar-refractivity contribution in [1.29, 1.82) is 0 Å². The van der Waals surface area contributed by atoms with Crippen molar-refractivity contribution in [1.82, 2.24) is 4.98 Å². The van der Waals surface area contributed by atoms with E-state index in [0.717, 1.165) is 12.4 Å². The fourth-order valence-electron chi connectivity index (χ4n) is 2.71. The van der Waals surface area contributed by atoms with Crippen LogP contribution in [-0.4, -0.2) is 35.6 Å². The first kappa shape index (κ1) is 15.2. The number of esters is 1. The van der Waals surface area contributed by atoms with E-state index in [4.69, 9.17) is 4.74 Å². The molecule has 1 saturated carbocycles. The number of rotatable bonds is 5. The van der Waals surface area contributed by atoms with Crippen molar-refractivity contribution in [3.05, 3.63) is 23.4 Å². The third kappa shape index (κ3) is 3.26. The fraction of sp³-hybridized carbons (Fsp3) is 0.600. The van der Waals surface area contributed by atoms with E-state index >= 15 is 0 Å². The molecule has 1 aliphatic rings. The number of nitrogens with one attached hydrogen (secondary N) is 1. The molecule has 0 bridgehead atoms. The zero-order valence-electron chi connectivity index (χ0n) is 12.4. The highest BCUT2D eigenvalue weighted by molar-refractivity contribution is 8.00. The van der Waals surface area contributed by atoms with Crippen LogP contribution in [0.1, 0.15) is 41.7 Å². The van der Waals surface area contributed by atoms with Crippen LogP contribution in [0, 0.1) is 6.92 Å². The van der Waals surface area contributed by atoms with Gasteiger partial charge in [-0.3, -0.25) is 0 Å². The Kier molecular flexibility index (Phi) is 4.91. The zero-order chi connectivity index (χ0) is 14.6. The zero-order valence-corrected chi connectivity index (χ0v) is 13.2. The standard InChI is InChI=1S/C15H22N2O2S/c1-11-12(14(18)19-2)6-7-13(17-11)16-10-15(20-3)8-4-5-9-15/h6-7H,4-5,8-10H2,1-3H3,(H,16,17). The lowest BCUT2D eigenvalue weighted by Gasteiger charge is -2.27. The number of pyridine rings is 1. The summed E-state index contributed by atoms with van der Waals surface area (Å²) in [5.74, 6) is 0.494. The number of thioether (sulfide) groups is 1. The molecule has 5 heteroatoms. The summed E-state index contributed by atoms with van der Waals surface area (Å²) in [5, 5.41) is 3.42. The van der Waals surface area contributed by atoms with E-state index in [1.54, 1.807) is 6.07 Å². The third-order valence-electron chi connectivity index (χ3n) is 4.03. The van der Waals surface area contributed by atoms with Crippen LogP contribution in [0.5, 0.6) is 0 Å². The molecule has 0 aromatic carbocycles. The summed E-state index contributed by atoms with van der Waals surface area (Å²) in [4.78, 5) is 16.0. The molecule has 20 heavy (non-hydrogen) atoms. The Morgan fingerprint density at radius 3 is 2.70 bits per heavy atom. The Bertz CT molecular complexity index is 485. The first-order valence-corrected chi connectivity index (χ1v) is 8.18. The van der Waals surface area contributed by atoms with E-state index in [1.165, 1.54) is 32.8 Å². The van der Waals surface area contributed by atoms with Gasteiger partial charge in [0.25, 0.3) is 0 Å². The lowest BCUT2D eigenvalue weighted by atomic mass is 10.1. The maximum atomic E-state index is 11.5. The van der Waals surface area contributed by atoms with Crippen LogP contribution >= 0.6 is 11.8 Å². The molecule has 0 radical (unpaired) electrons. The van der Waals surface area contributed by atoms with Crippen molar-refractivity contribution >= 4 is 23.5 Å². The number of nitrogens with zero attached hydrogens (tertiary/aromatic N) is 1. The molecule has 1 aromatic heterocycles. The molecule has 0 unspecified atom stereocenters. The molecule has 110 valence electrons. The maximum Gasteiger partial charge on any atom is 0.339 e. The second-order valence-corrected chi connectivity index (χ2v) is 6.54. The molecule has 0 amide bonds. The molecule has 0 aliphatic heterocycles. The molecule has 1 aromatic rings. The Morgan fingerprint density at radius 2 is 2.15 bits per heavy atom. The minimum atomic E-state index is -0.335. The number of hydrogen-bond acceptors (Lipinski definition) is 5. The van der Waals surface area contributed by atoms with E-state index < -0.39 is 0 Å². The van der Waals surface area contributed by atoms with E-state index in [2.05, 4.69) is 16.6 Å². The van der Waals surface area contributed by atoms with Crippen LogP contribution in [0.2, 0.25) is 0 Å². The molecule has 1 heterocycles. The number of ether oxygens (including phenoxy) is 1. The largest absolute Gasteiger partial charge is 0.465 e. The summed E-state index contributed by atoms with van der Waals surface area (Å²) in [6.45, 7) is 2.76. The summed E-state index contributed by atoms with van der Waals surface area (Å²) in [6.07, 6.45) is 7.35. The second-order valence-electron chi connectivity index (χ2n) is 5.27. The summed E-state index contributed by atoms with van der Waals surface area (Å²) >= 11 is 1.95. The van der Waals surface area contributed by atoms with Gasteiger partial charge in [-0.05, 0) is 38.2 Å². The van der Waals surface area contributed by atoms with Crippen molar-refractivity contribution in [2.24, 2.45) is 0 Å². The molecule has 1 aliphatic carbocycles. The summed E-state index contributed by atoms with van der Waals surface area (Å²) in [5.41, 5.74) is 1.23. The van der Waals surface area contributed by atoms with Crippen LogP contribution in [0.15, 0.2) is 12.1 Å². The van der Waals surface area contributed by atoms with Crippen LogP contribution in [0.3, 0.4) is 0 Å². The Balaban J connectivity index is 2.03. The minimum Gasteiger partial charge on any atom is -0.465 e. The molecule has 0 spiro atoms.